The lowest BCUT2D eigenvalue weighted by molar-refractivity contribution is -0.126. The third kappa shape index (κ3) is 5.11. The van der Waals surface area contributed by atoms with Gasteiger partial charge >= 0.3 is 0 Å². The quantitative estimate of drug-likeness (QED) is 0.803. The third-order valence-corrected chi connectivity index (χ3v) is 6.43. The smallest absolute Gasteiger partial charge is 0.233 e. The number of amides is 1. The lowest BCUT2D eigenvalue weighted by Gasteiger charge is -2.26. The Labute approximate surface area is 153 Å². The number of furan rings is 1. The molecule has 2 fully saturated rings. The van der Waals surface area contributed by atoms with E-state index >= 15 is 0 Å². The van der Waals surface area contributed by atoms with Crippen LogP contribution in [0.2, 0.25) is 0 Å². The summed E-state index contributed by atoms with van der Waals surface area (Å²) in [7, 11) is 0. The van der Waals surface area contributed by atoms with Crippen LogP contribution in [0, 0.1) is 5.92 Å². The van der Waals surface area contributed by atoms with Crippen LogP contribution in [-0.2, 0) is 20.1 Å². The number of Topliss-reactive ketones (excluding diaryl/α,β-unsaturated/α-hetero) is 1. The van der Waals surface area contributed by atoms with Gasteiger partial charge in [-0.05, 0) is 31.4 Å². The minimum absolute atomic E-state index is 0.0340. The summed E-state index contributed by atoms with van der Waals surface area (Å²) in [5.41, 5.74) is 0. The molecule has 1 saturated carbocycles. The van der Waals surface area contributed by atoms with Gasteiger partial charge in [0.15, 0.2) is 5.78 Å². The van der Waals surface area contributed by atoms with Crippen molar-refractivity contribution in [3.05, 3.63) is 24.2 Å². The molecular formula is C19H27NO4S. The average molecular weight is 365 g/mol. The summed E-state index contributed by atoms with van der Waals surface area (Å²) in [5, 5.41) is 2.77. The van der Waals surface area contributed by atoms with Crippen molar-refractivity contribution in [2.75, 3.05) is 6.61 Å². The first kappa shape index (κ1) is 18.5. The summed E-state index contributed by atoms with van der Waals surface area (Å²) in [6.45, 7) is 1.93. The molecule has 3 atom stereocenters. The van der Waals surface area contributed by atoms with E-state index in [4.69, 9.17) is 9.15 Å². The zero-order chi connectivity index (χ0) is 17.6. The standard InChI is InChI=1S/C19H27NO4S/c1-13-18(16(21)11-24-13)20-19(22)17(10-14-6-3-2-4-7-14)25-12-15-8-5-9-23-15/h5,8-9,13-14,17-18H,2-4,6-7,10-12H2,1H3,(H,20,22)/t13-,17-,18-/m1/s1. The van der Waals surface area contributed by atoms with Crippen LogP contribution in [0.15, 0.2) is 22.8 Å². The molecule has 1 aromatic rings. The highest BCUT2D eigenvalue weighted by molar-refractivity contribution is 7.99. The second-order valence-electron chi connectivity index (χ2n) is 7.09. The Morgan fingerprint density at radius 2 is 2.16 bits per heavy atom. The first-order valence-corrected chi connectivity index (χ1v) is 10.3. The summed E-state index contributed by atoms with van der Waals surface area (Å²) < 4.78 is 10.7. The maximum atomic E-state index is 12.9. The van der Waals surface area contributed by atoms with Crippen LogP contribution in [0.3, 0.4) is 0 Å². The number of carbonyl (C=O) groups excluding carboxylic acids is 2. The molecule has 1 aliphatic carbocycles. The van der Waals surface area contributed by atoms with Gasteiger partial charge in [0, 0.05) is 0 Å². The molecule has 3 rings (SSSR count). The molecule has 0 unspecified atom stereocenters. The van der Waals surface area contributed by atoms with Crippen LogP contribution < -0.4 is 5.32 Å². The average Bonchev–Trinajstić information content (AvgIpc) is 3.24. The molecular weight excluding hydrogens is 338 g/mol. The van der Waals surface area contributed by atoms with E-state index < -0.39 is 6.04 Å². The van der Waals surface area contributed by atoms with E-state index in [-0.39, 0.29) is 29.7 Å². The van der Waals surface area contributed by atoms with Crippen molar-refractivity contribution in [2.24, 2.45) is 5.92 Å². The number of nitrogens with one attached hydrogen (secondary N) is 1. The highest BCUT2D eigenvalue weighted by Gasteiger charge is 2.36. The zero-order valence-corrected chi connectivity index (χ0v) is 15.6. The highest BCUT2D eigenvalue weighted by atomic mass is 32.2. The monoisotopic (exact) mass is 365 g/mol. The normalized spacial score (nSPS) is 25.9. The fourth-order valence-corrected chi connectivity index (χ4v) is 4.82. The van der Waals surface area contributed by atoms with Gasteiger partial charge in [0.2, 0.25) is 5.91 Å². The first-order valence-electron chi connectivity index (χ1n) is 9.22. The molecule has 1 aliphatic heterocycles. The fraction of sp³-hybridized carbons (Fsp3) is 0.684. The van der Waals surface area contributed by atoms with Crippen molar-refractivity contribution >= 4 is 23.5 Å². The second-order valence-corrected chi connectivity index (χ2v) is 8.28. The van der Waals surface area contributed by atoms with E-state index in [1.54, 1.807) is 18.0 Å². The Kier molecular flexibility index (Phi) is 6.59. The number of hydrogen-bond acceptors (Lipinski definition) is 5. The van der Waals surface area contributed by atoms with Gasteiger partial charge in [0.05, 0.1) is 23.4 Å². The van der Waals surface area contributed by atoms with Crippen LogP contribution in [0.4, 0.5) is 0 Å². The lowest BCUT2D eigenvalue weighted by atomic mass is 9.86. The van der Waals surface area contributed by atoms with Crippen molar-refractivity contribution in [3.63, 3.8) is 0 Å². The third-order valence-electron chi connectivity index (χ3n) is 5.17. The topological polar surface area (TPSA) is 68.5 Å². The summed E-state index contributed by atoms with van der Waals surface area (Å²) in [6.07, 6.45) is 8.50. The molecule has 138 valence electrons. The molecule has 1 amide bonds. The largest absolute Gasteiger partial charge is 0.468 e. The van der Waals surface area contributed by atoms with E-state index in [0.29, 0.717) is 11.7 Å². The molecule has 1 saturated heterocycles. The van der Waals surface area contributed by atoms with E-state index in [0.717, 1.165) is 12.2 Å². The summed E-state index contributed by atoms with van der Waals surface area (Å²) in [4.78, 5) is 24.8. The highest BCUT2D eigenvalue weighted by Crippen LogP contribution is 2.32. The predicted octanol–water partition coefficient (Wildman–Crippen LogP) is 3.32. The number of rotatable bonds is 7. The molecule has 25 heavy (non-hydrogen) atoms. The molecule has 5 nitrogen and oxygen atoms in total. The summed E-state index contributed by atoms with van der Waals surface area (Å²) in [5.74, 6) is 2.07. The van der Waals surface area contributed by atoms with Gasteiger partial charge in [-0.2, -0.15) is 0 Å². The number of ether oxygens (including phenoxy) is 1. The Morgan fingerprint density at radius 1 is 1.36 bits per heavy atom. The molecule has 2 heterocycles. The maximum Gasteiger partial charge on any atom is 0.233 e. The number of carbonyl (C=O) groups is 2. The van der Waals surface area contributed by atoms with Gasteiger partial charge in [0.1, 0.15) is 18.4 Å². The Balaban J connectivity index is 1.61. The molecule has 6 heteroatoms. The van der Waals surface area contributed by atoms with E-state index in [2.05, 4.69) is 5.32 Å². The van der Waals surface area contributed by atoms with Gasteiger partial charge in [-0.15, -0.1) is 11.8 Å². The van der Waals surface area contributed by atoms with Crippen molar-refractivity contribution in [1.29, 1.82) is 0 Å². The van der Waals surface area contributed by atoms with Crippen LogP contribution in [0.5, 0.6) is 0 Å². The Hall–Kier alpha value is -1.27. The minimum Gasteiger partial charge on any atom is -0.468 e. The summed E-state index contributed by atoms with van der Waals surface area (Å²) in [6, 6.07) is 3.28. The van der Waals surface area contributed by atoms with Crippen LogP contribution >= 0.6 is 11.8 Å². The zero-order valence-electron chi connectivity index (χ0n) is 14.7. The second kappa shape index (κ2) is 8.90. The van der Waals surface area contributed by atoms with Gasteiger partial charge in [-0.1, -0.05) is 32.1 Å². The van der Waals surface area contributed by atoms with Crippen molar-refractivity contribution in [2.45, 2.75) is 68.6 Å². The van der Waals surface area contributed by atoms with Crippen molar-refractivity contribution < 1.29 is 18.7 Å². The van der Waals surface area contributed by atoms with Gasteiger partial charge in [0.25, 0.3) is 0 Å². The maximum absolute atomic E-state index is 12.9. The molecule has 0 spiro atoms. The molecule has 1 N–H and O–H groups in total. The van der Waals surface area contributed by atoms with Crippen molar-refractivity contribution in [3.8, 4) is 0 Å². The van der Waals surface area contributed by atoms with Gasteiger partial charge in [-0.25, -0.2) is 0 Å². The van der Waals surface area contributed by atoms with E-state index in [1.807, 2.05) is 19.1 Å². The first-order chi connectivity index (χ1) is 12.1. The molecule has 0 radical (unpaired) electrons. The summed E-state index contributed by atoms with van der Waals surface area (Å²) >= 11 is 1.61. The predicted molar refractivity (Wildman–Crippen MR) is 97.3 cm³/mol. The Morgan fingerprint density at radius 3 is 2.80 bits per heavy atom. The number of hydrogen-bond donors (Lipinski definition) is 1. The van der Waals surface area contributed by atoms with Crippen LogP contribution in [-0.4, -0.2) is 35.7 Å². The van der Waals surface area contributed by atoms with Gasteiger partial charge in [-0.3, -0.25) is 9.59 Å². The van der Waals surface area contributed by atoms with Crippen LogP contribution in [0.1, 0.15) is 51.2 Å². The lowest BCUT2D eigenvalue weighted by Crippen LogP contribution is -2.47. The SMILES string of the molecule is C[C@H]1OCC(=O)[C@@H]1NC(=O)[C@@H](CC1CCCCC1)SCc1ccco1. The Bertz CT molecular complexity index is 568. The minimum atomic E-state index is -0.509. The molecule has 2 aliphatic rings. The number of thioether (sulfide) groups is 1. The molecule has 1 aromatic heterocycles. The van der Waals surface area contributed by atoms with E-state index in [9.17, 15) is 9.59 Å². The molecule has 0 aromatic carbocycles. The van der Waals surface area contributed by atoms with E-state index in [1.165, 1.54) is 32.1 Å². The molecule has 0 bridgehead atoms. The van der Waals surface area contributed by atoms with Crippen molar-refractivity contribution in [1.82, 2.24) is 5.32 Å². The number of ketones is 1. The fourth-order valence-electron chi connectivity index (χ4n) is 3.66. The van der Waals surface area contributed by atoms with Gasteiger partial charge < -0.3 is 14.5 Å². The van der Waals surface area contributed by atoms with Crippen LogP contribution in [0.25, 0.3) is 0 Å².